The van der Waals surface area contributed by atoms with Gasteiger partial charge < -0.3 is 28.9 Å². The van der Waals surface area contributed by atoms with E-state index in [-0.39, 0.29) is 47.5 Å². The normalized spacial score (nSPS) is 10.8. The first-order chi connectivity index (χ1) is 9.51. The van der Waals surface area contributed by atoms with E-state index in [0.29, 0.717) is 0 Å². The number of aliphatic hydroxyl groups is 1. The molecule has 8 nitrogen and oxygen atoms in total. The number of carbonyl (C=O) groups is 1. The Morgan fingerprint density at radius 2 is 1.68 bits per heavy atom. The Bertz CT molecular complexity index is 447. The number of phenols is 1. The van der Waals surface area contributed by atoms with Crippen molar-refractivity contribution in [2.45, 2.75) is 0 Å². The van der Waals surface area contributed by atoms with E-state index in [1.807, 2.05) is 0 Å². The SMILES string of the molecule is C[N+](C)(C)CCO.O=C(O)c1ccccc1O.O=S([O-])O.[NaH]. The fourth-order valence-electron chi connectivity index (χ4n) is 0.954. The summed E-state index contributed by atoms with van der Waals surface area (Å²) in [5, 5.41) is 25.7. The van der Waals surface area contributed by atoms with Gasteiger partial charge in [-0.2, -0.15) is 0 Å². The van der Waals surface area contributed by atoms with Crippen LogP contribution in [0.4, 0.5) is 0 Å². The minimum absolute atomic E-state index is 0. The van der Waals surface area contributed by atoms with E-state index in [4.69, 9.17) is 28.6 Å². The van der Waals surface area contributed by atoms with Crippen LogP contribution in [0.3, 0.4) is 0 Å². The average molecular weight is 347 g/mol. The molecule has 0 saturated carbocycles. The summed E-state index contributed by atoms with van der Waals surface area (Å²) in [6.07, 6.45) is 0. The molecule has 0 heterocycles. The molecule has 0 amide bonds. The van der Waals surface area contributed by atoms with Gasteiger partial charge in [0.2, 0.25) is 0 Å². The minimum atomic E-state index is -2.86. The number of benzene rings is 1. The van der Waals surface area contributed by atoms with Gasteiger partial charge in [0.15, 0.2) is 0 Å². The first-order valence-electron chi connectivity index (χ1n) is 5.72. The second-order valence-electron chi connectivity index (χ2n) is 4.78. The maximum atomic E-state index is 10.3. The number of likely N-dealkylation sites (N-methyl/N-ethyl adjacent to an activating group) is 1. The number of rotatable bonds is 3. The molecule has 4 N–H and O–H groups in total. The van der Waals surface area contributed by atoms with Gasteiger partial charge >= 0.3 is 35.5 Å². The molecule has 0 aliphatic heterocycles. The summed E-state index contributed by atoms with van der Waals surface area (Å²) in [5.74, 6) is -1.31. The van der Waals surface area contributed by atoms with Crippen molar-refractivity contribution in [3.63, 3.8) is 0 Å². The van der Waals surface area contributed by atoms with Gasteiger partial charge in [0.05, 0.1) is 39.1 Å². The Kier molecular flexibility index (Phi) is 16.9. The summed E-state index contributed by atoms with van der Waals surface area (Å²) >= 11 is -2.86. The third-order valence-electron chi connectivity index (χ3n) is 1.91. The molecule has 0 spiro atoms. The number of aromatic hydroxyl groups is 1. The van der Waals surface area contributed by atoms with Gasteiger partial charge in [-0.05, 0) is 12.1 Å². The second kappa shape index (κ2) is 14.1. The van der Waals surface area contributed by atoms with Crippen LogP contribution in [-0.2, 0) is 11.4 Å². The Hall–Kier alpha value is -0.520. The van der Waals surface area contributed by atoms with Crippen molar-refractivity contribution in [1.29, 1.82) is 0 Å². The molecular formula is C12H22NNaO7S. The summed E-state index contributed by atoms with van der Waals surface area (Å²) in [6, 6.07) is 5.81. The molecule has 1 rings (SSSR count). The molecule has 1 aromatic carbocycles. The fraction of sp³-hybridized carbons (Fsp3) is 0.417. The van der Waals surface area contributed by atoms with E-state index < -0.39 is 17.3 Å². The van der Waals surface area contributed by atoms with Crippen molar-refractivity contribution in [2.24, 2.45) is 0 Å². The molecule has 0 aromatic heterocycles. The van der Waals surface area contributed by atoms with Gasteiger partial charge in [-0.25, -0.2) is 9.00 Å². The van der Waals surface area contributed by atoms with Crippen LogP contribution in [0.1, 0.15) is 10.4 Å². The molecule has 22 heavy (non-hydrogen) atoms. The van der Waals surface area contributed by atoms with Crippen LogP contribution in [0.15, 0.2) is 24.3 Å². The standard InChI is InChI=1S/C7H6O3.C5H14NO.Na.H2O3S.H/c8-6-4-2-1-3-5(6)7(9)10;1-6(2,3)4-5-7;;1-4(2)3;/h1-4,8H,(H,9,10);7H,4-5H2,1-3H3;;(H2,1,2,3);/q;+1;;;/p-1. The number of aliphatic hydroxyl groups excluding tert-OH is 1. The predicted molar refractivity (Wildman–Crippen MR) is 83.7 cm³/mol. The molecule has 10 heteroatoms. The third kappa shape index (κ3) is 19.5. The number of quaternary nitrogens is 1. The van der Waals surface area contributed by atoms with Gasteiger partial charge in [-0.1, -0.05) is 12.1 Å². The zero-order chi connectivity index (χ0) is 17.1. The summed E-state index contributed by atoms with van der Waals surface area (Å²) in [7, 11) is 6.16. The van der Waals surface area contributed by atoms with Crippen LogP contribution >= 0.6 is 0 Å². The number of aromatic carboxylic acids is 1. The summed E-state index contributed by atoms with van der Waals surface area (Å²) in [5.41, 5.74) is -0.0671. The fourth-order valence-corrected chi connectivity index (χ4v) is 0.954. The zero-order valence-electron chi connectivity index (χ0n) is 12.1. The third-order valence-corrected chi connectivity index (χ3v) is 1.91. The molecule has 0 bridgehead atoms. The van der Waals surface area contributed by atoms with Gasteiger partial charge in [0.25, 0.3) is 0 Å². The van der Waals surface area contributed by atoms with Gasteiger partial charge in [0.1, 0.15) is 17.9 Å². The molecule has 0 aliphatic carbocycles. The molecule has 0 fully saturated rings. The molecule has 1 aromatic rings. The summed E-state index contributed by atoms with van der Waals surface area (Å²) in [4.78, 5) is 10.3. The zero-order valence-corrected chi connectivity index (χ0v) is 12.9. The van der Waals surface area contributed by atoms with Crippen molar-refractivity contribution in [3.05, 3.63) is 29.8 Å². The van der Waals surface area contributed by atoms with E-state index in [2.05, 4.69) is 21.1 Å². The van der Waals surface area contributed by atoms with Crippen molar-refractivity contribution in [1.82, 2.24) is 0 Å². The number of nitrogens with zero attached hydrogens (tertiary/aromatic N) is 1. The number of para-hydroxylation sites is 1. The van der Waals surface area contributed by atoms with Crippen LogP contribution in [0, 0.1) is 0 Å². The summed E-state index contributed by atoms with van der Waals surface area (Å²) in [6.45, 7) is 1.11. The predicted octanol–water partition coefficient (Wildman–Crippen LogP) is -0.535. The van der Waals surface area contributed by atoms with Gasteiger partial charge in [-0.3, -0.25) is 0 Å². The average Bonchev–Trinajstić information content (AvgIpc) is 2.27. The van der Waals surface area contributed by atoms with E-state index in [0.717, 1.165) is 11.0 Å². The van der Waals surface area contributed by atoms with Crippen LogP contribution < -0.4 is 0 Å². The molecule has 0 radical (unpaired) electrons. The van der Waals surface area contributed by atoms with Crippen molar-refractivity contribution < 1.29 is 37.9 Å². The monoisotopic (exact) mass is 347 g/mol. The summed E-state index contributed by atoms with van der Waals surface area (Å²) < 4.78 is 24.9. The van der Waals surface area contributed by atoms with E-state index in [9.17, 15) is 4.79 Å². The maximum absolute atomic E-state index is 10.3. The topological polar surface area (TPSA) is 138 Å². The molecular weight excluding hydrogens is 325 g/mol. The molecule has 124 valence electrons. The number of hydrogen-bond acceptors (Lipinski definition) is 5. The van der Waals surface area contributed by atoms with Crippen LogP contribution in [-0.4, -0.2) is 103 Å². The van der Waals surface area contributed by atoms with Crippen molar-refractivity contribution in [2.75, 3.05) is 34.3 Å². The Morgan fingerprint density at radius 1 is 1.27 bits per heavy atom. The van der Waals surface area contributed by atoms with Gasteiger partial charge in [0, 0.05) is 0 Å². The van der Waals surface area contributed by atoms with E-state index >= 15 is 0 Å². The van der Waals surface area contributed by atoms with E-state index in [1.165, 1.54) is 12.1 Å². The van der Waals surface area contributed by atoms with Gasteiger partial charge in [-0.15, -0.1) is 0 Å². The van der Waals surface area contributed by atoms with Crippen LogP contribution in [0.5, 0.6) is 5.75 Å². The first kappa shape index (κ1) is 26.4. The molecule has 0 saturated heterocycles. The van der Waals surface area contributed by atoms with Crippen molar-refractivity contribution >= 4 is 46.9 Å². The number of carboxylic acids is 1. The molecule has 1 atom stereocenters. The quantitative estimate of drug-likeness (QED) is 0.327. The van der Waals surface area contributed by atoms with E-state index in [1.54, 1.807) is 12.1 Å². The Balaban J connectivity index is -0.000000266. The molecule has 1 unspecified atom stereocenters. The number of hydrogen-bond donors (Lipinski definition) is 4. The van der Waals surface area contributed by atoms with Crippen molar-refractivity contribution in [3.8, 4) is 5.75 Å². The van der Waals surface area contributed by atoms with Crippen LogP contribution in [0.25, 0.3) is 0 Å². The Labute approximate surface area is 154 Å². The van der Waals surface area contributed by atoms with Crippen LogP contribution in [0.2, 0.25) is 0 Å². The first-order valence-corrected chi connectivity index (χ1v) is 6.75. The Morgan fingerprint density at radius 3 is 1.86 bits per heavy atom. The second-order valence-corrected chi connectivity index (χ2v) is 5.21. The molecule has 0 aliphatic rings. The number of carboxylic acid groups (broad SMARTS) is 1.